The summed E-state index contributed by atoms with van der Waals surface area (Å²) in [6.45, 7) is 0.738. The molecule has 1 N–H and O–H groups in total. The van der Waals surface area contributed by atoms with Crippen LogP contribution in [0.1, 0.15) is 12.8 Å². The van der Waals surface area contributed by atoms with Crippen LogP contribution in [0, 0.1) is 64.0 Å². The maximum absolute atomic E-state index is 10.6. The van der Waals surface area contributed by atoms with Gasteiger partial charge in [-0.15, -0.1) is 0 Å². The number of hydrogen-bond donors (Lipinski definition) is 1. The number of hydrogen-bond acceptors (Lipinski definition) is 2. The van der Waals surface area contributed by atoms with Crippen molar-refractivity contribution in [3.8, 4) is 0 Å². The summed E-state index contributed by atoms with van der Waals surface area (Å²) in [5, 5.41) is 8.44. The van der Waals surface area contributed by atoms with Gasteiger partial charge in [-0.25, -0.2) is 4.79 Å². The average Bonchev–Trinajstić information content (AvgIpc) is 1.88. The fourth-order valence-corrected chi connectivity index (χ4v) is 0.947. The van der Waals surface area contributed by atoms with E-state index in [1.165, 1.54) is 4.90 Å². The number of ketones is 1. The van der Waals surface area contributed by atoms with E-state index in [4.69, 9.17) is 5.11 Å². The number of piperidine rings is 1. The monoisotopic (exact) mass is 328 g/mol. The zero-order valence-corrected chi connectivity index (χ0v) is 12.2. The third kappa shape index (κ3) is 7.70. The topological polar surface area (TPSA) is 57.6 Å². The van der Waals surface area contributed by atoms with Crippen LogP contribution in [-0.2, 0) is 4.79 Å². The van der Waals surface area contributed by atoms with Gasteiger partial charge in [0, 0.05) is 25.9 Å². The van der Waals surface area contributed by atoms with E-state index >= 15 is 0 Å². The molecule has 1 heterocycles. The van der Waals surface area contributed by atoms with Gasteiger partial charge in [-0.1, -0.05) is 0 Å². The molecule has 1 rings (SSSR count). The zero-order valence-electron chi connectivity index (χ0n) is 9.04. The number of carboxylic acid groups (broad SMARTS) is 1. The van der Waals surface area contributed by atoms with Crippen LogP contribution in [0.15, 0.2) is 0 Å². The second-order valence-electron chi connectivity index (χ2n) is 2.31. The number of carbonyl (C=O) groups excluding carboxylic acids is 1. The second-order valence-corrected chi connectivity index (χ2v) is 2.31. The maximum Gasteiger partial charge on any atom is 3.00 e. The van der Waals surface area contributed by atoms with Crippen molar-refractivity contribution in [2.24, 2.45) is 0 Å². The van der Waals surface area contributed by atoms with E-state index in [0.29, 0.717) is 25.9 Å². The van der Waals surface area contributed by atoms with E-state index in [1.807, 2.05) is 0 Å². The van der Waals surface area contributed by atoms with Gasteiger partial charge in [0.05, 0.1) is 0 Å². The van der Waals surface area contributed by atoms with Crippen molar-refractivity contribution >= 4 is 11.9 Å². The van der Waals surface area contributed by atoms with Crippen LogP contribution in [0.4, 0.5) is 4.79 Å². The fourth-order valence-electron chi connectivity index (χ4n) is 0.947. The van der Waals surface area contributed by atoms with Crippen molar-refractivity contribution in [3.63, 3.8) is 0 Å². The zero-order chi connectivity index (χ0) is 7.56. The van der Waals surface area contributed by atoms with Gasteiger partial charge in [0.15, 0.2) is 0 Å². The van der Waals surface area contributed by atoms with Crippen molar-refractivity contribution in [2.75, 3.05) is 13.1 Å². The van der Waals surface area contributed by atoms with E-state index in [9.17, 15) is 9.59 Å². The smallest absolute Gasteiger partial charge is 0.465 e. The minimum absolute atomic E-state index is 0. The Balaban J connectivity index is -0.000000125. The van der Waals surface area contributed by atoms with E-state index < -0.39 is 6.09 Å². The molecule has 4 nitrogen and oxygen atoms in total. The summed E-state index contributed by atoms with van der Waals surface area (Å²) in [7, 11) is 0. The molecule has 81 valence electrons. The number of likely N-dealkylation sites (tertiary alicyclic amines) is 1. The first-order valence-corrected chi connectivity index (χ1v) is 3.20. The molecule has 0 aromatic heterocycles. The van der Waals surface area contributed by atoms with Gasteiger partial charge >= 0.3 is 47.8 Å². The first-order valence-electron chi connectivity index (χ1n) is 3.20. The van der Waals surface area contributed by atoms with Gasteiger partial charge in [-0.05, 0) is 0 Å². The number of rotatable bonds is 0. The van der Waals surface area contributed by atoms with Crippen molar-refractivity contribution in [1.82, 2.24) is 4.90 Å². The number of Topliss-reactive ketones (excluding diaryl/α,β-unsaturated/α-hetero) is 1. The molecule has 0 unspecified atom stereocenters. The molecule has 0 atom stereocenters. The fraction of sp³-hybridized carbons (Fsp3) is 0.444. The van der Waals surface area contributed by atoms with E-state index in [0.717, 1.165) is 0 Å². The Morgan fingerprint density at radius 1 is 1.14 bits per heavy atom. The van der Waals surface area contributed by atoms with Gasteiger partial charge in [0.1, 0.15) is 5.78 Å². The van der Waals surface area contributed by atoms with Crippen molar-refractivity contribution in [3.05, 3.63) is 22.3 Å². The molecule has 0 bridgehead atoms. The summed E-state index contributed by atoms with van der Waals surface area (Å²) >= 11 is 0. The molecule has 14 heavy (non-hydrogen) atoms. The standard InChI is InChI=1S/C6H9NO3.3CH3.Ce/c8-5-1-3-7(4-2-5)6(9)10;;;;/h1-4H2,(H,9,10);3*1H3;/q;3*-1;+3. The Morgan fingerprint density at radius 2 is 1.50 bits per heavy atom. The summed E-state index contributed by atoms with van der Waals surface area (Å²) in [6.07, 6.45) is -0.161. The average molecular weight is 328 g/mol. The van der Waals surface area contributed by atoms with Gasteiger partial charge in [0.2, 0.25) is 0 Å². The molecule has 1 saturated heterocycles. The molecular weight excluding hydrogens is 310 g/mol. The van der Waals surface area contributed by atoms with Crippen LogP contribution in [0.5, 0.6) is 0 Å². The minimum Gasteiger partial charge on any atom is -0.465 e. The van der Waals surface area contributed by atoms with Gasteiger partial charge in [-0.2, -0.15) is 0 Å². The molecule has 0 aromatic rings. The third-order valence-corrected chi connectivity index (χ3v) is 1.59. The second kappa shape index (κ2) is 11.4. The molecule has 0 aromatic carbocycles. The molecule has 5 heteroatoms. The van der Waals surface area contributed by atoms with Gasteiger partial charge < -0.3 is 32.3 Å². The maximum atomic E-state index is 10.6. The molecule has 0 aliphatic carbocycles. The minimum atomic E-state index is -0.924. The molecule has 0 spiro atoms. The third-order valence-electron chi connectivity index (χ3n) is 1.59. The van der Waals surface area contributed by atoms with Crippen LogP contribution >= 0.6 is 0 Å². The van der Waals surface area contributed by atoms with Crippen LogP contribution in [-0.4, -0.2) is 35.0 Å². The quantitative estimate of drug-likeness (QED) is 0.688. The predicted molar refractivity (Wildman–Crippen MR) is 53.1 cm³/mol. The molecule has 0 saturated carbocycles. The molecule has 1 aliphatic heterocycles. The number of amides is 1. The Morgan fingerprint density at radius 3 is 1.79 bits per heavy atom. The van der Waals surface area contributed by atoms with Crippen molar-refractivity contribution in [1.29, 1.82) is 0 Å². The first-order chi connectivity index (χ1) is 4.70. The summed E-state index contributed by atoms with van der Waals surface area (Å²) in [5.74, 6) is 0.164. The van der Waals surface area contributed by atoms with Crippen LogP contribution in [0.3, 0.4) is 0 Å². The SMILES string of the molecule is O=C1CCN(C(=O)O)CC1.[CH3-].[CH3-].[CH3-].[Ce+3]. The molecular formula is C9H18CeNO3. The number of nitrogens with zero attached hydrogens (tertiary/aromatic N) is 1. The number of carbonyl (C=O) groups is 2. The van der Waals surface area contributed by atoms with Gasteiger partial charge in [0.25, 0.3) is 0 Å². The Kier molecular flexibility index (Phi) is 19.4. The Bertz CT molecular complexity index is 163. The summed E-state index contributed by atoms with van der Waals surface area (Å²) in [4.78, 5) is 22.2. The van der Waals surface area contributed by atoms with Crippen LogP contribution < -0.4 is 0 Å². The summed E-state index contributed by atoms with van der Waals surface area (Å²) in [5.41, 5.74) is 0. The molecule has 1 amide bonds. The largest absolute Gasteiger partial charge is 3.00 e. The van der Waals surface area contributed by atoms with E-state index in [2.05, 4.69) is 0 Å². The molecule has 1 radical (unpaired) electrons. The normalized spacial score (nSPS) is 13.7. The van der Waals surface area contributed by atoms with E-state index in [-0.39, 0.29) is 69.8 Å². The first kappa shape index (κ1) is 23.9. The van der Waals surface area contributed by atoms with E-state index in [1.54, 1.807) is 0 Å². The molecule has 1 fully saturated rings. The molecule has 1 aliphatic rings. The van der Waals surface area contributed by atoms with Gasteiger partial charge in [-0.3, -0.25) is 4.79 Å². The Labute approximate surface area is 120 Å². The van der Waals surface area contributed by atoms with Crippen LogP contribution in [0.25, 0.3) is 0 Å². The van der Waals surface area contributed by atoms with Crippen molar-refractivity contribution in [2.45, 2.75) is 12.8 Å². The Hall–Kier alpha value is 0.317. The summed E-state index contributed by atoms with van der Waals surface area (Å²) in [6, 6.07) is 0. The summed E-state index contributed by atoms with van der Waals surface area (Å²) < 4.78 is 0. The predicted octanol–water partition coefficient (Wildman–Crippen LogP) is 1.68. The van der Waals surface area contributed by atoms with Crippen molar-refractivity contribution < 1.29 is 56.4 Å². The van der Waals surface area contributed by atoms with Crippen LogP contribution in [0.2, 0.25) is 0 Å².